The molecule has 1 saturated heterocycles. The lowest BCUT2D eigenvalue weighted by Crippen LogP contribution is -2.47. The second kappa shape index (κ2) is 9.53. The summed E-state index contributed by atoms with van der Waals surface area (Å²) in [6, 6.07) is 13.9. The summed E-state index contributed by atoms with van der Waals surface area (Å²) in [5, 5.41) is 0.505. The van der Waals surface area contributed by atoms with Gasteiger partial charge in [0.25, 0.3) is 17.7 Å². The van der Waals surface area contributed by atoms with E-state index in [2.05, 4.69) is 26.8 Å². The van der Waals surface area contributed by atoms with E-state index in [4.69, 9.17) is 23.8 Å². The highest BCUT2D eigenvalue weighted by atomic mass is 79.9. The van der Waals surface area contributed by atoms with E-state index in [1.165, 1.54) is 4.90 Å². The maximum atomic E-state index is 12.6. The minimum absolute atomic E-state index is 0.251. The van der Waals surface area contributed by atoms with Gasteiger partial charge in [0.15, 0.2) is 0 Å². The van der Waals surface area contributed by atoms with Crippen molar-refractivity contribution in [3.05, 3.63) is 74.1 Å². The zero-order valence-corrected chi connectivity index (χ0v) is 18.6. The molecule has 3 amide bonds. The molecule has 10 heteroatoms. The van der Waals surface area contributed by atoms with Gasteiger partial charge in [-0.05, 0) is 45.8 Å². The predicted octanol–water partition coefficient (Wildman–Crippen LogP) is 3.76. The summed E-state index contributed by atoms with van der Waals surface area (Å²) in [6.07, 6.45) is 1.63. The highest BCUT2D eigenvalue weighted by Crippen LogP contribution is 2.33. The third kappa shape index (κ3) is 5.24. The molecule has 2 aromatic rings. The Balaban J connectivity index is 1.61. The molecule has 0 aromatic heterocycles. The number of rotatable bonds is 4. The van der Waals surface area contributed by atoms with Crippen molar-refractivity contribution in [2.75, 3.05) is 6.54 Å². The number of thioether (sulfide) groups is 1. The first kappa shape index (κ1) is 21.5. The Hall–Kier alpha value is -2.20. The summed E-state index contributed by atoms with van der Waals surface area (Å²) < 4.78 is 0.842. The first-order chi connectivity index (χ1) is 13.9. The standard InChI is InChI=1S/C19H13BrClN3O3S2/c20-13-7-3-2-6-12(13)17(26)23-22-16(25)10-24-18(27)15(29-19(24)28)9-11-5-1-4-8-14(11)21/h1-9H,10H2,(H,22,25)(H,23,26)/b15-9-. The number of hydrazine groups is 1. The number of benzene rings is 2. The van der Waals surface area contributed by atoms with Gasteiger partial charge in [-0.25, -0.2) is 0 Å². The number of carbonyl (C=O) groups is 3. The first-order valence-electron chi connectivity index (χ1n) is 8.20. The lowest BCUT2D eigenvalue weighted by Gasteiger charge is -2.14. The summed E-state index contributed by atoms with van der Waals surface area (Å²) in [6.45, 7) is -0.319. The Kier molecular flexibility index (Phi) is 7.07. The lowest BCUT2D eigenvalue weighted by molar-refractivity contribution is -0.129. The predicted molar refractivity (Wildman–Crippen MR) is 121 cm³/mol. The summed E-state index contributed by atoms with van der Waals surface area (Å²) >= 11 is 15.7. The van der Waals surface area contributed by atoms with E-state index in [0.29, 0.717) is 25.5 Å². The summed E-state index contributed by atoms with van der Waals surface area (Å²) in [7, 11) is 0. The molecule has 2 N–H and O–H groups in total. The van der Waals surface area contributed by atoms with E-state index in [1.54, 1.807) is 54.6 Å². The minimum atomic E-state index is -0.583. The fraction of sp³-hybridized carbons (Fsp3) is 0.0526. The molecule has 2 aromatic carbocycles. The molecule has 0 saturated carbocycles. The average Bonchev–Trinajstić information content (AvgIpc) is 2.95. The molecule has 3 rings (SSSR count). The zero-order valence-electron chi connectivity index (χ0n) is 14.6. The third-order valence-electron chi connectivity index (χ3n) is 3.80. The number of halogens is 2. The van der Waals surface area contributed by atoms with Gasteiger partial charge in [0.05, 0.1) is 10.5 Å². The van der Waals surface area contributed by atoms with Gasteiger partial charge in [0, 0.05) is 9.50 Å². The Morgan fingerprint density at radius 1 is 1.14 bits per heavy atom. The van der Waals surface area contributed by atoms with E-state index in [0.717, 1.165) is 11.8 Å². The van der Waals surface area contributed by atoms with Crippen molar-refractivity contribution in [2.45, 2.75) is 0 Å². The molecule has 0 bridgehead atoms. The van der Waals surface area contributed by atoms with Crippen LogP contribution >= 0.6 is 51.5 Å². The van der Waals surface area contributed by atoms with Crippen LogP contribution < -0.4 is 10.9 Å². The van der Waals surface area contributed by atoms with Gasteiger partial charge in [-0.15, -0.1) is 0 Å². The molecule has 1 aliphatic heterocycles. The molecule has 1 heterocycles. The third-order valence-corrected chi connectivity index (χ3v) is 6.21. The molecule has 0 spiro atoms. The molecule has 29 heavy (non-hydrogen) atoms. The van der Waals surface area contributed by atoms with Gasteiger partial charge in [0.2, 0.25) is 0 Å². The number of hydrogen-bond acceptors (Lipinski definition) is 5. The second-order valence-electron chi connectivity index (χ2n) is 5.77. The van der Waals surface area contributed by atoms with Crippen molar-refractivity contribution in [3.63, 3.8) is 0 Å². The number of thiocarbonyl (C=S) groups is 1. The van der Waals surface area contributed by atoms with Gasteiger partial charge < -0.3 is 0 Å². The number of amides is 3. The van der Waals surface area contributed by atoms with E-state index >= 15 is 0 Å². The highest BCUT2D eigenvalue weighted by Gasteiger charge is 2.33. The molecule has 0 unspecified atom stereocenters. The first-order valence-corrected chi connectivity index (χ1v) is 10.6. The Morgan fingerprint density at radius 3 is 2.55 bits per heavy atom. The molecule has 1 fully saturated rings. The number of hydrogen-bond donors (Lipinski definition) is 2. The minimum Gasteiger partial charge on any atom is -0.283 e. The molecule has 1 aliphatic rings. The molecular formula is C19H13BrClN3O3S2. The average molecular weight is 511 g/mol. The fourth-order valence-electron chi connectivity index (χ4n) is 2.39. The maximum absolute atomic E-state index is 12.6. The molecule has 0 atom stereocenters. The van der Waals surface area contributed by atoms with Crippen LogP contribution in [-0.2, 0) is 9.59 Å². The van der Waals surface area contributed by atoms with Gasteiger partial charge in [-0.1, -0.05) is 65.9 Å². The van der Waals surface area contributed by atoms with Crippen molar-refractivity contribution >= 4 is 79.6 Å². The van der Waals surface area contributed by atoms with Crippen LogP contribution in [0.5, 0.6) is 0 Å². The van der Waals surface area contributed by atoms with Crippen LogP contribution in [0.1, 0.15) is 15.9 Å². The van der Waals surface area contributed by atoms with E-state index in [9.17, 15) is 14.4 Å². The maximum Gasteiger partial charge on any atom is 0.270 e. The topological polar surface area (TPSA) is 78.5 Å². The summed E-state index contributed by atoms with van der Waals surface area (Å²) in [4.78, 5) is 38.5. The summed E-state index contributed by atoms with van der Waals surface area (Å²) in [5.41, 5.74) is 5.64. The Bertz CT molecular complexity index is 1040. The van der Waals surface area contributed by atoms with Gasteiger partial charge in [0.1, 0.15) is 10.9 Å². The molecule has 0 aliphatic carbocycles. The largest absolute Gasteiger partial charge is 0.283 e. The highest BCUT2D eigenvalue weighted by molar-refractivity contribution is 9.10. The van der Waals surface area contributed by atoms with Crippen LogP contribution in [0.2, 0.25) is 5.02 Å². The van der Waals surface area contributed by atoms with E-state index in [1.807, 2.05) is 0 Å². The van der Waals surface area contributed by atoms with E-state index in [-0.39, 0.29) is 10.9 Å². The van der Waals surface area contributed by atoms with Gasteiger partial charge in [-0.2, -0.15) is 0 Å². The fourth-order valence-corrected chi connectivity index (χ4v) is 4.29. The molecule has 0 radical (unpaired) electrons. The van der Waals surface area contributed by atoms with Crippen molar-refractivity contribution in [1.82, 2.24) is 15.8 Å². The van der Waals surface area contributed by atoms with Gasteiger partial charge in [-0.3, -0.25) is 30.1 Å². The molecule has 6 nitrogen and oxygen atoms in total. The van der Waals surface area contributed by atoms with Crippen LogP contribution in [0.3, 0.4) is 0 Å². The second-order valence-corrected chi connectivity index (χ2v) is 8.71. The van der Waals surface area contributed by atoms with Crippen LogP contribution in [0, 0.1) is 0 Å². The molecular weight excluding hydrogens is 498 g/mol. The van der Waals surface area contributed by atoms with Gasteiger partial charge >= 0.3 is 0 Å². The Labute approximate surface area is 189 Å². The van der Waals surface area contributed by atoms with E-state index < -0.39 is 17.7 Å². The number of carbonyl (C=O) groups excluding carboxylic acids is 3. The van der Waals surface area contributed by atoms with Crippen LogP contribution in [-0.4, -0.2) is 33.5 Å². The smallest absolute Gasteiger partial charge is 0.270 e. The molecule has 148 valence electrons. The van der Waals surface area contributed by atoms with Crippen LogP contribution in [0.25, 0.3) is 6.08 Å². The van der Waals surface area contributed by atoms with Crippen molar-refractivity contribution in [1.29, 1.82) is 0 Å². The summed E-state index contributed by atoms with van der Waals surface area (Å²) in [5.74, 6) is -1.47. The van der Waals surface area contributed by atoms with Crippen LogP contribution in [0.15, 0.2) is 57.9 Å². The number of nitrogens with one attached hydrogen (secondary N) is 2. The van der Waals surface area contributed by atoms with Crippen molar-refractivity contribution in [2.24, 2.45) is 0 Å². The quantitative estimate of drug-likeness (QED) is 0.372. The lowest BCUT2D eigenvalue weighted by atomic mass is 10.2. The van der Waals surface area contributed by atoms with Crippen molar-refractivity contribution in [3.8, 4) is 0 Å². The normalized spacial score (nSPS) is 15.0. The monoisotopic (exact) mass is 509 g/mol. The SMILES string of the molecule is O=C(CN1C(=O)/C(=C/c2ccccc2Cl)SC1=S)NNC(=O)c1ccccc1Br. The van der Waals surface area contributed by atoms with Crippen molar-refractivity contribution < 1.29 is 14.4 Å². The van der Waals surface area contributed by atoms with Crippen LogP contribution in [0.4, 0.5) is 0 Å². The zero-order chi connectivity index (χ0) is 21.0. The Morgan fingerprint density at radius 2 is 1.83 bits per heavy atom. The number of nitrogens with zero attached hydrogens (tertiary/aromatic N) is 1.